The van der Waals surface area contributed by atoms with Gasteiger partial charge in [0.1, 0.15) is 11.3 Å². The average molecular weight is 407 g/mol. The van der Waals surface area contributed by atoms with E-state index in [9.17, 15) is 14.4 Å². The van der Waals surface area contributed by atoms with Gasteiger partial charge in [0, 0.05) is 30.4 Å². The van der Waals surface area contributed by atoms with Gasteiger partial charge in [-0.05, 0) is 24.3 Å². The molecule has 3 aromatic rings. The van der Waals surface area contributed by atoms with Crippen LogP contribution in [-0.2, 0) is 19.1 Å². The lowest BCUT2D eigenvalue weighted by atomic mass is 9.96. The Labute approximate surface area is 172 Å². The molecule has 0 saturated carbocycles. The fourth-order valence-corrected chi connectivity index (χ4v) is 3.90. The van der Waals surface area contributed by atoms with Gasteiger partial charge in [0.15, 0.2) is 5.43 Å². The van der Waals surface area contributed by atoms with Crippen LogP contribution in [0.1, 0.15) is 0 Å². The van der Waals surface area contributed by atoms with Crippen molar-refractivity contribution in [2.24, 2.45) is 11.8 Å². The normalized spacial score (nSPS) is 18.4. The molecule has 4 rings (SSSR count). The van der Waals surface area contributed by atoms with Crippen molar-refractivity contribution in [2.45, 2.75) is 0 Å². The molecule has 154 valence electrons. The summed E-state index contributed by atoms with van der Waals surface area (Å²) in [7, 11) is 2.61. The molecule has 1 saturated heterocycles. The first kappa shape index (κ1) is 19.7. The Morgan fingerprint density at radius 1 is 0.933 bits per heavy atom. The predicted octanol–water partition coefficient (Wildman–Crippen LogP) is 2.86. The monoisotopic (exact) mass is 407 g/mol. The number of rotatable bonds is 4. The van der Waals surface area contributed by atoms with E-state index in [1.165, 1.54) is 20.3 Å². The van der Waals surface area contributed by atoms with Gasteiger partial charge in [-0.2, -0.15) is 0 Å². The fraction of sp³-hybridized carbons (Fsp3) is 0.261. The van der Waals surface area contributed by atoms with Crippen molar-refractivity contribution in [2.75, 3.05) is 32.2 Å². The second-order valence-electron chi connectivity index (χ2n) is 7.19. The molecule has 7 heteroatoms. The molecule has 0 spiro atoms. The molecular formula is C23H21NO6. The van der Waals surface area contributed by atoms with Crippen molar-refractivity contribution in [1.29, 1.82) is 0 Å². The summed E-state index contributed by atoms with van der Waals surface area (Å²) in [5.74, 6) is -1.64. The molecule has 7 nitrogen and oxygen atoms in total. The molecule has 1 aromatic heterocycles. The van der Waals surface area contributed by atoms with E-state index in [0.29, 0.717) is 29.8 Å². The number of nitrogens with zero attached hydrogens (tertiary/aromatic N) is 1. The second-order valence-corrected chi connectivity index (χ2v) is 7.19. The number of methoxy groups -OCH3 is 2. The molecule has 0 radical (unpaired) electrons. The van der Waals surface area contributed by atoms with Crippen LogP contribution >= 0.6 is 0 Å². The largest absolute Gasteiger partial charge is 0.469 e. The maximum absolute atomic E-state index is 12.4. The van der Waals surface area contributed by atoms with E-state index in [1.54, 1.807) is 18.2 Å². The molecule has 0 aliphatic carbocycles. The lowest BCUT2D eigenvalue weighted by Gasteiger charge is -2.19. The van der Waals surface area contributed by atoms with Crippen LogP contribution in [0.15, 0.2) is 63.8 Å². The first-order valence-electron chi connectivity index (χ1n) is 9.55. The number of ether oxygens (including phenoxy) is 2. The third-order valence-corrected chi connectivity index (χ3v) is 5.46. The molecule has 2 heterocycles. The number of benzene rings is 2. The van der Waals surface area contributed by atoms with E-state index in [2.05, 4.69) is 0 Å². The van der Waals surface area contributed by atoms with Gasteiger partial charge >= 0.3 is 11.9 Å². The van der Waals surface area contributed by atoms with E-state index in [0.717, 1.165) is 11.3 Å². The van der Waals surface area contributed by atoms with E-state index in [4.69, 9.17) is 13.9 Å². The number of esters is 2. The van der Waals surface area contributed by atoms with Gasteiger partial charge in [0.2, 0.25) is 0 Å². The van der Waals surface area contributed by atoms with Gasteiger partial charge < -0.3 is 18.8 Å². The van der Waals surface area contributed by atoms with Crippen LogP contribution in [0.3, 0.4) is 0 Å². The predicted molar refractivity (Wildman–Crippen MR) is 111 cm³/mol. The first-order chi connectivity index (χ1) is 14.5. The number of hydrogen-bond donors (Lipinski definition) is 0. The van der Waals surface area contributed by atoms with E-state index in [-0.39, 0.29) is 5.43 Å². The molecule has 1 aliphatic rings. The smallest absolute Gasteiger partial charge is 0.311 e. The van der Waals surface area contributed by atoms with Gasteiger partial charge in [-0.1, -0.05) is 24.3 Å². The molecule has 1 fully saturated rings. The van der Waals surface area contributed by atoms with Crippen LogP contribution in [0, 0.1) is 11.8 Å². The van der Waals surface area contributed by atoms with Crippen LogP contribution in [0.25, 0.3) is 22.3 Å². The summed E-state index contributed by atoms with van der Waals surface area (Å²) in [5, 5.41) is 0.527. The van der Waals surface area contributed by atoms with E-state index < -0.39 is 23.8 Å². The molecule has 0 unspecified atom stereocenters. The summed E-state index contributed by atoms with van der Waals surface area (Å²) < 4.78 is 15.7. The molecule has 30 heavy (non-hydrogen) atoms. The molecule has 0 N–H and O–H groups in total. The summed E-state index contributed by atoms with van der Waals surface area (Å²) in [4.78, 5) is 38.7. The SMILES string of the molecule is COC(=O)[C@H]1CN(c2cccc(-c3cc(=O)c4ccccc4o3)c2)C[C@@H]1C(=O)OC. The van der Waals surface area contributed by atoms with Crippen LogP contribution in [0.2, 0.25) is 0 Å². The highest BCUT2D eigenvalue weighted by molar-refractivity contribution is 5.85. The maximum Gasteiger partial charge on any atom is 0.311 e. The number of carbonyl (C=O) groups is 2. The van der Waals surface area contributed by atoms with Crippen LogP contribution in [0.5, 0.6) is 0 Å². The van der Waals surface area contributed by atoms with Gasteiger partial charge in [0.25, 0.3) is 0 Å². The zero-order valence-electron chi connectivity index (χ0n) is 16.7. The Morgan fingerprint density at radius 3 is 2.27 bits per heavy atom. The minimum Gasteiger partial charge on any atom is -0.469 e. The maximum atomic E-state index is 12.4. The zero-order valence-corrected chi connectivity index (χ0v) is 16.7. The van der Waals surface area contributed by atoms with Crippen LogP contribution in [-0.4, -0.2) is 39.2 Å². The van der Waals surface area contributed by atoms with Crippen molar-refractivity contribution in [3.63, 3.8) is 0 Å². The number of anilines is 1. The van der Waals surface area contributed by atoms with E-state index >= 15 is 0 Å². The summed E-state index contributed by atoms with van der Waals surface area (Å²) in [6, 6.07) is 16.0. The molecule has 2 atom stereocenters. The standard InChI is InChI=1S/C23H21NO6/c1-28-22(26)17-12-24(13-18(17)23(27)29-2)15-7-5-6-14(10-15)21-11-19(25)16-8-3-4-9-20(16)30-21/h3-11,17-18H,12-13H2,1-2H3/t17-,18-/m0/s1. The Morgan fingerprint density at radius 2 is 1.60 bits per heavy atom. The Bertz CT molecular complexity index is 1140. The number of hydrogen-bond acceptors (Lipinski definition) is 7. The quantitative estimate of drug-likeness (QED) is 0.615. The Hall–Kier alpha value is -3.61. The molecular weight excluding hydrogens is 386 g/mol. The highest BCUT2D eigenvalue weighted by Gasteiger charge is 2.43. The first-order valence-corrected chi connectivity index (χ1v) is 9.55. The molecule has 1 aliphatic heterocycles. The number of carbonyl (C=O) groups excluding carboxylic acids is 2. The molecule has 0 bridgehead atoms. The van der Waals surface area contributed by atoms with Gasteiger partial charge in [-0.3, -0.25) is 14.4 Å². The Kier molecular flexibility index (Phi) is 5.27. The zero-order chi connectivity index (χ0) is 21.3. The minimum atomic E-state index is -0.607. The summed E-state index contributed by atoms with van der Waals surface area (Å²) in [6.45, 7) is 0.662. The molecule has 0 amide bonds. The van der Waals surface area contributed by atoms with Crippen molar-refractivity contribution in [1.82, 2.24) is 0 Å². The van der Waals surface area contributed by atoms with Crippen LogP contribution < -0.4 is 10.3 Å². The lowest BCUT2D eigenvalue weighted by molar-refractivity contribution is -0.155. The topological polar surface area (TPSA) is 86.0 Å². The molecule has 2 aromatic carbocycles. The van der Waals surface area contributed by atoms with Crippen molar-refractivity contribution >= 4 is 28.6 Å². The van der Waals surface area contributed by atoms with Crippen molar-refractivity contribution in [3.05, 3.63) is 64.8 Å². The minimum absolute atomic E-state index is 0.116. The van der Waals surface area contributed by atoms with Gasteiger partial charge in [-0.15, -0.1) is 0 Å². The van der Waals surface area contributed by atoms with Crippen molar-refractivity contribution in [3.8, 4) is 11.3 Å². The van der Waals surface area contributed by atoms with Crippen LogP contribution in [0.4, 0.5) is 5.69 Å². The summed E-state index contributed by atoms with van der Waals surface area (Å²) in [6.07, 6.45) is 0. The van der Waals surface area contributed by atoms with Gasteiger partial charge in [-0.25, -0.2) is 0 Å². The summed E-state index contributed by atoms with van der Waals surface area (Å²) >= 11 is 0. The fourth-order valence-electron chi connectivity index (χ4n) is 3.90. The highest BCUT2D eigenvalue weighted by atomic mass is 16.5. The Balaban J connectivity index is 1.68. The lowest BCUT2D eigenvalue weighted by Crippen LogP contribution is -2.30. The number of fused-ring (bicyclic) bond motifs is 1. The van der Waals surface area contributed by atoms with Gasteiger partial charge in [0.05, 0.1) is 31.4 Å². The second kappa shape index (κ2) is 8.02. The third kappa shape index (κ3) is 3.54. The van der Waals surface area contributed by atoms with E-state index in [1.807, 2.05) is 35.2 Å². The van der Waals surface area contributed by atoms with Crippen molar-refractivity contribution < 1.29 is 23.5 Å². The average Bonchev–Trinajstić information content (AvgIpc) is 3.23. The highest BCUT2D eigenvalue weighted by Crippen LogP contribution is 2.32. The third-order valence-electron chi connectivity index (χ3n) is 5.46. The summed E-state index contributed by atoms with van der Waals surface area (Å²) in [5.41, 5.74) is 1.94. The number of para-hydroxylation sites is 1.